The summed E-state index contributed by atoms with van der Waals surface area (Å²) in [4.78, 5) is 27.4. The lowest BCUT2D eigenvalue weighted by atomic mass is 9.88. The summed E-state index contributed by atoms with van der Waals surface area (Å²) < 4.78 is 0. The number of piperidine rings is 1. The van der Waals surface area contributed by atoms with Gasteiger partial charge < -0.3 is 5.32 Å². The number of nitrogens with one attached hydrogen (secondary N) is 1. The standard InChI is InChI=1S/C23H28N2O2/c1-3-18-9-11-21(12-10-18)24-23(27)17(2)25-15-13-20(14-16-25)22(26)19-7-5-4-6-8-19/h4-12,17,20H,3,13-16H2,1-2H3,(H,24,27). The number of benzene rings is 2. The lowest BCUT2D eigenvalue weighted by Crippen LogP contribution is -2.47. The second kappa shape index (κ2) is 8.96. The zero-order chi connectivity index (χ0) is 19.2. The molecule has 0 aliphatic carbocycles. The van der Waals surface area contributed by atoms with Crippen molar-refractivity contribution in [3.05, 3.63) is 65.7 Å². The first-order valence-corrected chi connectivity index (χ1v) is 9.81. The molecule has 1 heterocycles. The number of aryl methyl sites for hydroxylation is 1. The van der Waals surface area contributed by atoms with Crippen molar-refractivity contribution in [1.29, 1.82) is 0 Å². The van der Waals surface area contributed by atoms with Crippen LogP contribution in [-0.4, -0.2) is 35.7 Å². The topological polar surface area (TPSA) is 49.4 Å². The molecule has 27 heavy (non-hydrogen) atoms. The molecule has 0 spiro atoms. The number of Topliss-reactive ketones (excluding diaryl/α,β-unsaturated/α-hetero) is 1. The summed E-state index contributed by atoms with van der Waals surface area (Å²) in [5, 5.41) is 3.00. The summed E-state index contributed by atoms with van der Waals surface area (Å²) in [5.74, 6) is 0.288. The summed E-state index contributed by atoms with van der Waals surface area (Å²) in [6, 6.07) is 17.3. The van der Waals surface area contributed by atoms with Crippen LogP contribution in [0.1, 0.15) is 42.6 Å². The minimum Gasteiger partial charge on any atom is -0.325 e. The zero-order valence-electron chi connectivity index (χ0n) is 16.2. The number of carbonyl (C=O) groups is 2. The van der Waals surface area contributed by atoms with Crippen molar-refractivity contribution in [2.45, 2.75) is 39.2 Å². The molecule has 2 aromatic rings. The van der Waals surface area contributed by atoms with Crippen LogP contribution in [-0.2, 0) is 11.2 Å². The molecule has 1 atom stereocenters. The Bertz CT molecular complexity index is 763. The van der Waals surface area contributed by atoms with Gasteiger partial charge in [-0.3, -0.25) is 14.5 Å². The van der Waals surface area contributed by atoms with Crippen LogP contribution in [0.4, 0.5) is 5.69 Å². The molecular formula is C23H28N2O2. The fourth-order valence-electron chi connectivity index (χ4n) is 3.62. The molecule has 0 aromatic heterocycles. The van der Waals surface area contributed by atoms with Gasteiger partial charge in [0, 0.05) is 17.2 Å². The summed E-state index contributed by atoms with van der Waals surface area (Å²) in [6.07, 6.45) is 2.59. The third-order valence-corrected chi connectivity index (χ3v) is 5.52. The highest BCUT2D eigenvalue weighted by atomic mass is 16.2. The normalized spacial score (nSPS) is 16.7. The minimum absolute atomic E-state index is 0.00656. The molecule has 0 bridgehead atoms. The van der Waals surface area contributed by atoms with Gasteiger partial charge in [0.05, 0.1) is 6.04 Å². The second-order valence-corrected chi connectivity index (χ2v) is 7.26. The predicted molar refractivity (Wildman–Crippen MR) is 109 cm³/mol. The summed E-state index contributed by atoms with van der Waals surface area (Å²) in [5.41, 5.74) is 2.88. The number of anilines is 1. The lowest BCUT2D eigenvalue weighted by Gasteiger charge is -2.34. The van der Waals surface area contributed by atoms with E-state index in [2.05, 4.69) is 17.1 Å². The third-order valence-electron chi connectivity index (χ3n) is 5.52. The fourth-order valence-corrected chi connectivity index (χ4v) is 3.62. The maximum Gasteiger partial charge on any atom is 0.241 e. The molecular weight excluding hydrogens is 336 g/mol. The van der Waals surface area contributed by atoms with Crippen LogP contribution in [0.2, 0.25) is 0 Å². The van der Waals surface area contributed by atoms with Crippen molar-refractivity contribution < 1.29 is 9.59 Å². The van der Waals surface area contributed by atoms with Gasteiger partial charge in [0.15, 0.2) is 5.78 Å². The Kier molecular flexibility index (Phi) is 6.40. The molecule has 4 nitrogen and oxygen atoms in total. The SMILES string of the molecule is CCc1ccc(NC(=O)C(C)N2CCC(C(=O)c3ccccc3)CC2)cc1. The van der Waals surface area contributed by atoms with E-state index in [1.54, 1.807) is 0 Å². The Labute approximate surface area is 161 Å². The first-order chi connectivity index (χ1) is 13.1. The number of likely N-dealkylation sites (tertiary alicyclic amines) is 1. The maximum absolute atomic E-state index is 12.6. The van der Waals surface area contributed by atoms with Gasteiger partial charge in [-0.05, 0) is 57.0 Å². The van der Waals surface area contributed by atoms with Crippen molar-refractivity contribution in [2.24, 2.45) is 5.92 Å². The molecule has 1 aliphatic heterocycles. The van der Waals surface area contributed by atoms with Gasteiger partial charge in [0.25, 0.3) is 0 Å². The highest BCUT2D eigenvalue weighted by Gasteiger charge is 2.30. The molecule has 1 saturated heterocycles. The zero-order valence-corrected chi connectivity index (χ0v) is 16.2. The quantitative estimate of drug-likeness (QED) is 0.783. The van der Waals surface area contributed by atoms with E-state index in [4.69, 9.17) is 0 Å². The van der Waals surface area contributed by atoms with Gasteiger partial charge in [0.1, 0.15) is 0 Å². The second-order valence-electron chi connectivity index (χ2n) is 7.26. The van der Waals surface area contributed by atoms with Crippen LogP contribution in [0.15, 0.2) is 54.6 Å². The number of ketones is 1. The van der Waals surface area contributed by atoms with Crippen molar-refractivity contribution in [2.75, 3.05) is 18.4 Å². The Balaban J connectivity index is 1.52. The van der Waals surface area contributed by atoms with E-state index >= 15 is 0 Å². The predicted octanol–water partition coefficient (Wildman–Crippen LogP) is 4.17. The van der Waals surface area contributed by atoms with Gasteiger partial charge in [-0.2, -0.15) is 0 Å². The molecule has 2 aromatic carbocycles. The van der Waals surface area contributed by atoms with Gasteiger partial charge in [0.2, 0.25) is 5.91 Å². The highest BCUT2D eigenvalue weighted by Crippen LogP contribution is 2.23. The van der Waals surface area contributed by atoms with E-state index in [0.717, 1.165) is 43.6 Å². The summed E-state index contributed by atoms with van der Waals surface area (Å²) in [7, 11) is 0. The molecule has 0 radical (unpaired) electrons. The Hall–Kier alpha value is -2.46. The first-order valence-electron chi connectivity index (χ1n) is 9.81. The summed E-state index contributed by atoms with van der Waals surface area (Å²) >= 11 is 0. The van der Waals surface area contributed by atoms with Gasteiger partial charge in [-0.15, -0.1) is 0 Å². The molecule has 3 rings (SSSR count). The van der Waals surface area contributed by atoms with Crippen LogP contribution >= 0.6 is 0 Å². The van der Waals surface area contributed by atoms with Crippen LogP contribution in [0.3, 0.4) is 0 Å². The van der Waals surface area contributed by atoms with Gasteiger partial charge in [-0.25, -0.2) is 0 Å². The number of amides is 1. The van der Waals surface area contributed by atoms with E-state index < -0.39 is 0 Å². The Morgan fingerprint density at radius 1 is 1.04 bits per heavy atom. The van der Waals surface area contributed by atoms with Gasteiger partial charge >= 0.3 is 0 Å². The molecule has 4 heteroatoms. The van der Waals surface area contributed by atoms with Crippen LogP contribution in [0.25, 0.3) is 0 Å². The van der Waals surface area contributed by atoms with Crippen molar-refractivity contribution in [3.63, 3.8) is 0 Å². The molecule has 1 amide bonds. The third kappa shape index (κ3) is 4.83. The van der Waals surface area contributed by atoms with Crippen molar-refractivity contribution >= 4 is 17.4 Å². The maximum atomic E-state index is 12.6. The van der Waals surface area contributed by atoms with Crippen LogP contribution in [0, 0.1) is 5.92 Å². The molecule has 1 fully saturated rings. The van der Waals surface area contributed by atoms with E-state index in [-0.39, 0.29) is 23.7 Å². The highest BCUT2D eigenvalue weighted by molar-refractivity contribution is 5.98. The smallest absolute Gasteiger partial charge is 0.241 e. The van der Waals surface area contributed by atoms with E-state index in [1.165, 1.54) is 5.56 Å². The minimum atomic E-state index is -0.205. The number of hydrogen-bond acceptors (Lipinski definition) is 3. The average molecular weight is 364 g/mol. The lowest BCUT2D eigenvalue weighted by molar-refractivity contribution is -0.121. The molecule has 1 aliphatic rings. The Morgan fingerprint density at radius 3 is 2.26 bits per heavy atom. The van der Waals surface area contributed by atoms with Gasteiger partial charge in [-0.1, -0.05) is 49.4 Å². The summed E-state index contributed by atoms with van der Waals surface area (Å²) in [6.45, 7) is 5.59. The van der Waals surface area contributed by atoms with Crippen molar-refractivity contribution in [3.8, 4) is 0 Å². The number of carbonyl (C=O) groups excluding carboxylic acids is 2. The fraction of sp³-hybridized carbons (Fsp3) is 0.391. The number of hydrogen-bond donors (Lipinski definition) is 1. The molecule has 1 N–H and O–H groups in total. The van der Waals surface area contributed by atoms with Crippen LogP contribution in [0.5, 0.6) is 0 Å². The Morgan fingerprint density at radius 2 is 1.67 bits per heavy atom. The van der Waals surface area contributed by atoms with Crippen LogP contribution < -0.4 is 5.32 Å². The monoisotopic (exact) mass is 364 g/mol. The molecule has 0 saturated carbocycles. The van der Waals surface area contributed by atoms with E-state index in [9.17, 15) is 9.59 Å². The van der Waals surface area contributed by atoms with E-state index in [1.807, 2.05) is 61.5 Å². The largest absolute Gasteiger partial charge is 0.325 e. The molecule has 1 unspecified atom stereocenters. The van der Waals surface area contributed by atoms with E-state index in [0.29, 0.717) is 0 Å². The van der Waals surface area contributed by atoms with Crippen molar-refractivity contribution in [1.82, 2.24) is 4.90 Å². The molecule has 142 valence electrons. The first kappa shape index (κ1) is 19.3. The number of rotatable bonds is 6. The number of nitrogens with zero attached hydrogens (tertiary/aromatic N) is 1. The average Bonchev–Trinajstić information content (AvgIpc) is 2.74.